The molecule has 198 valence electrons. The summed E-state index contributed by atoms with van der Waals surface area (Å²) in [6.07, 6.45) is -6.27. The van der Waals surface area contributed by atoms with Crippen LogP contribution in [0.3, 0.4) is 0 Å². The first kappa shape index (κ1) is 25.7. The van der Waals surface area contributed by atoms with Gasteiger partial charge in [-0.15, -0.1) is 5.10 Å². The average Bonchev–Trinajstić information content (AvgIpc) is 3.53. The molecule has 3 aromatic carbocycles. The lowest BCUT2D eigenvalue weighted by Crippen LogP contribution is -2.14. The van der Waals surface area contributed by atoms with E-state index in [1.54, 1.807) is 24.4 Å². The number of fused-ring (bicyclic) bond motifs is 1. The molecule has 5 aromatic rings. The van der Waals surface area contributed by atoms with Gasteiger partial charge in [-0.2, -0.15) is 31.4 Å². The van der Waals surface area contributed by atoms with Crippen LogP contribution in [0.4, 0.5) is 26.3 Å². The van der Waals surface area contributed by atoms with Crippen LogP contribution in [0, 0.1) is 0 Å². The molecule has 0 aliphatic rings. The van der Waals surface area contributed by atoms with E-state index in [1.807, 2.05) is 0 Å². The van der Waals surface area contributed by atoms with E-state index in [1.165, 1.54) is 30.5 Å². The molecule has 0 unspecified atom stereocenters. The van der Waals surface area contributed by atoms with Gasteiger partial charge in [0.15, 0.2) is 11.6 Å². The molecule has 1 amide bonds. The Hall–Kier alpha value is -4.94. The standard InChI is InChI=1S/C26H16F6N6O/c27-25(28,29)18-7-3-14(4-8-18)23-35-24(15-5-9-19(10-6-15)26(30,31)32)38(37-23)13-20(22(33)39)16-1-2-17-12-34-36-21(17)11-16/h1-13H,(H2,33,39)(H,34,36). The fourth-order valence-corrected chi connectivity index (χ4v) is 3.86. The number of alkyl halides is 6. The van der Waals surface area contributed by atoms with Crippen molar-refractivity contribution < 1.29 is 31.1 Å². The first-order valence-corrected chi connectivity index (χ1v) is 11.2. The van der Waals surface area contributed by atoms with E-state index in [0.29, 0.717) is 11.1 Å². The van der Waals surface area contributed by atoms with E-state index in [2.05, 4.69) is 20.3 Å². The number of aromatic nitrogens is 5. The van der Waals surface area contributed by atoms with Crippen molar-refractivity contribution in [1.29, 1.82) is 0 Å². The molecule has 0 saturated heterocycles. The van der Waals surface area contributed by atoms with Crippen molar-refractivity contribution in [2.75, 3.05) is 0 Å². The molecule has 5 rings (SSSR count). The number of benzene rings is 3. The highest BCUT2D eigenvalue weighted by Gasteiger charge is 2.31. The van der Waals surface area contributed by atoms with Crippen LogP contribution in [0.1, 0.15) is 16.7 Å². The smallest absolute Gasteiger partial charge is 0.366 e. The van der Waals surface area contributed by atoms with Gasteiger partial charge in [0.05, 0.1) is 28.4 Å². The van der Waals surface area contributed by atoms with Crippen LogP contribution in [0.5, 0.6) is 0 Å². The number of hydrogen-bond acceptors (Lipinski definition) is 4. The largest absolute Gasteiger partial charge is 0.416 e. The number of nitrogens with one attached hydrogen (secondary N) is 1. The Balaban J connectivity index is 1.65. The zero-order valence-corrected chi connectivity index (χ0v) is 19.5. The molecule has 0 fully saturated rings. The Labute approximate surface area is 215 Å². The van der Waals surface area contributed by atoms with Gasteiger partial charge in [-0.1, -0.05) is 36.4 Å². The van der Waals surface area contributed by atoms with Crippen LogP contribution < -0.4 is 5.73 Å². The Kier molecular flexibility index (Phi) is 6.21. The molecule has 0 aliphatic carbocycles. The maximum Gasteiger partial charge on any atom is 0.416 e. The lowest BCUT2D eigenvalue weighted by Gasteiger charge is -2.08. The van der Waals surface area contributed by atoms with Crippen LogP contribution in [0.25, 0.3) is 45.5 Å². The lowest BCUT2D eigenvalue weighted by molar-refractivity contribution is -0.138. The number of amides is 1. The zero-order valence-electron chi connectivity index (χ0n) is 19.5. The Bertz CT molecular complexity index is 1700. The molecule has 0 aliphatic heterocycles. The summed E-state index contributed by atoms with van der Waals surface area (Å²) in [6.45, 7) is 0. The van der Waals surface area contributed by atoms with Crippen LogP contribution >= 0.6 is 0 Å². The second-order valence-electron chi connectivity index (χ2n) is 8.43. The third kappa shape index (κ3) is 5.23. The quantitative estimate of drug-likeness (QED) is 0.210. The molecule has 2 heterocycles. The average molecular weight is 542 g/mol. The monoisotopic (exact) mass is 542 g/mol. The van der Waals surface area contributed by atoms with Crippen molar-refractivity contribution in [2.24, 2.45) is 5.73 Å². The van der Waals surface area contributed by atoms with Crippen molar-refractivity contribution in [3.8, 4) is 22.8 Å². The number of rotatable bonds is 5. The van der Waals surface area contributed by atoms with Crippen molar-refractivity contribution in [3.05, 3.63) is 89.6 Å². The van der Waals surface area contributed by atoms with Crippen LogP contribution in [-0.4, -0.2) is 30.9 Å². The number of carbonyl (C=O) groups excluding carboxylic acids is 1. The summed E-state index contributed by atoms with van der Waals surface area (Å²) in [5.74, 6) is -0.832. The van der Waals surface area contributed by atoms with Gasteiger partial charge in [-0.05, 0) is 35.9 Å². The summed E-state index contributed by atoms with van der Waals surface area (Å²) in [4.78, 5) is 16.8. The number of nitrogens with two attached hydrogens (primary N) is 1. The molecule has 7 nitrogen and oxygen atoms in total. The Morgan fingerprint density at radius 1 is 0.846 bits per heavy atom. The van der Waals surface area contributed by atoms with E-state index in [4.69, 9.17) is 5.73 Å². The normalized spacial score (nSPS) is 12.7. The van der Waals surface area contributed by atoms with Crippen molar-refractivity contribution >= 4 is 28.6 Å². The lowest BCUT2D eigenvalue weighted by atomic mass is 10.0. The fourth-order valence-electron chi connectivity index (χ4n) is 3.86. The third-order valence-corrected chi connectivity index (χ3v) is 5.84. The highest BCUT2D eigenvalue weighted by atomic mass is 19.4. The maximum atomic E-state index is 13.1. The van der Waals surface area contributed by atoms with Crippen molar-refractivity contribution in [1.82, 2.24) is 25.0 Å². The second kappa shape index (κ2) is 9.42. The maximum absolute atomic E-state index is 13.1. The van der Waals surface area contributed by atoms with Gasteiger partial charge in [0, 0.05) is 22.7 Å². The molecule has 39 heavy (non-hydrogen) atoms. The number of H-pyrrole nitrogens is 1. The van der Waals surface area contributed by atoms with E-state index < -0.39 is 29.4 Å². The predicted molar refractivity (Wildman–Crippen MR) is 130 cm³/mol. The number of nitrogens with zero attached hydrogens (tertiary/aromatic N) is 4. The van der Waals surface area contributed by atoms with E-state index in [-0.39, 0.29) is 28.3 Å². The minimum Gasteiger partial charge on any atom is -0.366 e. The summed E-state index contributed by atoms with van der Waals surface area (Å²) in [7, 11) is 0. The number of halogens is 6. The van der Waals surface area contributed by atoms with E-state index in [0.717, 1.165) is 34.3 Å². The van der Waals surface area contributed by atoms with Gasteiger partial charge in [-0.25, -0.2) is 9.67 Å². The molecule has 13 heteroatoms. The molecule has 0 saturated carbocycles. The first-order chi connectivity index (χ1) is 18.4. The highest BCUT2D eigenvalue weighted by molar-refractivity contribution is 6.22. The van der Waals surface area contributed by atoms with Crippen LogP contribution in [-0.2, 0) is 17.1 Å². The van der Waals surface area contributed by atoms with Gasteiger partial charge in [0.1, 0.15) is 0 Å². The number of carbonyl (C=O) groups is 1. The molecule has 0 bridgehead atoms. The summed E-state index contributed by atoms with van der Waals surface area (Å²) in [5, 5.41) is 11.8. The van der Waals surface area contributed by atoms with Gasteiger partial charge in [0.2, 0.25) is 0 Å². The minimum absolute atomic E-state index is 0.0106. The van der Waals surface area contributed by atoms with Gasteiger partial charge < -0.3 is 5.73 Å². The summed E-state index contributed by atoms with van der Waals surface area (Å²) in [5.41, 5.74) is 5.29. The van der Waals surface area contributed by atoms with Gasteiger partial charge in [-0.3, -0.25) is 9.89 Å². The molecular weight excluding hydrogens is 526 g/mol. The number of aromatic amines is 1. The molecule has 0 atom stereocenters. The highest BCUT2D eigenvalue weighted by Crippen LogP contribution is 2.33. The summed E-state index contributed by atoms with van der Waals surface area (Å²) in [6, 6.07) is 13.1. The number of hydrogen-bond donors (Lipinski definition) is 2. The Morgan fingerprint density at radius 2 is 1.44 bits per heavy atom. The van der Waals surface area contributed by atoms with E-state index in [9.17, 15) is 31.1 Å². The molecule has 3 N–H and O–H groups in total. The molecule has 0 spiro atoms. The Morgan fingerprint density at radius 3 is 2.00 bits per heavy atom. The van der Waals surface area contributed by atoms with Crippen molar-refractivity contribution in [3.63, 3.8) is 0 Å². The SMILES string of the molecule is NC(=O)C(=Cn1nc(-c2ccc(C(F)(F)F)cc2)nc1-c1ccc(C(F)(F)F)cc1)c1ccc2cn[nH]c2c1. The molecular formula is C26H16F6N6O. The fraction of sp³-hybridized carbons (Fsp3) is 0.0769. The van der Waals surface area contributed by atoms with Crippen molar-refractivity contribution in [2.45, 2.75) is 12.4 Å². The molecule has 0 radical (unpaired) electrons. The first-order valence-electron chi connectivity index (χ1n) is 11.2. The zero-order chi connectivity index (χ0) is 27.9. The second-order valence-corrected chi connectivity index (χ2v) is 8.43. The number of primary amides is 1. The third-order valence-electron chi connectivity index (χ3n) is 5.84. The summed E-state index contributed by atoms with van der Waals surface area (Å²) < 4.78 is 79.5. The predicted octanol–water partition coefficient (Wildman–Crippen LogP) is 6.01. The molecule has 2 aromatic heterocycles. The summed E-state index contributed by atoms with van der Waals surface area (Å²) >= 11 is 0. The van der Waals surface area contributed by atoms with E-state index >= 15 is 0 Å². The minimum atomic E-state index is -4.57. The van der Waals surface area contributed by atoms with Crippen LogP contribution in [0.2, 0.25) is 0 Å². The van der Waals surface area contributed by atoms with Crippen LogP contribution in [0.15, 0.2) is 72.9 Å². The van der Waals surface area contributed by atoms with Gasteiger partial charge >= 0.3 is 12.4 Å². The van der Waals surface area contributed by atoms with Gasteiger partial charge in [0.25, 0.3) is 5.91 Å². The topological polar surface area (TPSA) is 102 Å².